The van der Waals surface area contributed by atoms with Crippen LogP contribution in [0.1, 0.15) is 54.6 Å². The van der Waals surface area contributed by atoms with Crippen LogP contribution in [-0.2, 0) is 17.9 Å². The molecule has 1 aromatic heterocycles. The van der Waals surface area contributed by atoms with E-state index in [9.17, 15) is 4.79 Å². The average Bonchev–Trinajstić information content (AvgIpc) is 2.87. The maximum atomic E-state index is 12.0. The number of benzene rings is 1. The second kappa shape index (κ2) is 11.7. The molecule has 0 saturated heterocycles. The van der Waals surface area contributed by atoms with E-state index in [1.165, 1.54) is 5.56 Å². The minimum Gasteiger partial charge on any atom is -0.352 e. The molecule has 0 spiro atoms. The molecule has 6 heteroatoms. The highest BCUT2D eigenvalue weighted by Crippen LogP contribution is 2.15. The summed E-state index contributed by atoms with van der Waals surface area (Å²) in [6.07, 6.45) is 4.73. The van der Waals surface area contributed by atoms with E-state index in [1.54, 1.807) is 0 Å². The first kappa shape index (κ1) is 22.2. The number of unbranched alkanes of at least 4 members (excludes halogenated alkanes) is 3. The van der Waals surface area contributed by atoms with E-state index in [2.05, 4.69) is 29.5 Å². The van der Waals surface area contributed by atoms with Gasteiger partial charge in [-0.15, -0.1) is 12.4 Å². The van der Waals surface area contributed by atoms with Crippen LogP contribution in [0.4, 0.5) is 0 Å². The maximum absolute atomic E-state index is 12.0. The molecular formula is C20H31ClN4O. The molecule has 0 aliphatic rings. The number of amides is 1. The van der Waals surface area contributed by atoms with Crippen LogP contribution in [0.5, 0.6) is 0 Å². The van der Waals surface area contributed by atoms with E-state index >= 15 is 0 Å². The minimum atomic E-state index is 0. The molecule has 3 N–H and O–H groups in total. The quantitative estimate of drug-likeness (QED) is 0.621. The summed E-state index contributed by atoms with van der Waals surface area (Å²) >= 11 is 0. The van der Waals surface area contributed by atoms with Crippen LogP contribution in [0.25, 0.3) is 0 Å². The Hall–Kier alpha value is -1.85. The summed E-state index contributed by atoms with van der Waals surface area (Å²) in [4.78, 5) is 12.0. The number of hydrogen-bond donors (Lipinski definition) is 2. The van der Waals surface area contributed by atoms with E-state index in [0.717, 1.165) is 55.7 Å². The highest BCUT2D eigenvalue weighted by atomic mass is 35.5. The maximum Gasteiger partial charge on any atom is 0.220 e. The topological polar surface area (TPSA) is 72.9 Å². The number of hydrogen-bond acceptors (Lipinski definition) is 3. The summed E-state index contributed by atoms with van der Waals surface area (Å²) < 4.78 is 2.01. The van der Waals surface area contributed by atoms with E-state index in [0.29, 0.717) is 13.0 Å². The molecular weight excluding hydrogens is 348 g/mol. The smallest absolute Gasteiger partial charge is 0.220 e. The Bertz CT molecular complexity index is 670. The van der Waals surface area contributed by atoms with E-state index < -0.39 is 0 Å². The molecule has 1 aromatic carbocycles. The second-order valence-electron chi connectivity index (χ2n) is 6.52. The molecule has 0 fully saturated rings. The number of nitrogens with two attached hydrogens (primary N) is 1. The van der Waals surface area contributed by atoms with Crippen LogP contribution in [0, 0.1) is 13.8 Å². The fourth-order valence-corrected chi connectivity index (χ4v) is 2.96. The molecule has 0 bridgehead atoms. The molecule has 0 saturated carbocycles. The van der Waals surface area contributed by atoms with Crippen molar-refractivity contribution in [3.63, 3.8) is 0 Å². The number of nitrogens with zero attached hydrogens (tertiary/aromatic N) is 2. The zero-order valence-electron chi connectivity index (χ0n) is 15.8. The lowest BCUT2D eigenvalue weighted by Crippen LogP contribution is -2.23. The predicted molar refractivity (Wildman–Crippen MR) is 108 cm³/mol. The van der Waals surface area contributed by atoms with Crippen LogP contribution in [0.2, 0.25) is 0 Å². The van der Waals surface area contributed by atoms with Crippen LogP contribution in [0.3, 0.4) is 0 Å². The average molecular weight is 379 g/mol. The van der Waals surface area contributed by atoms with Crippen molar-refractivity contribution >= 4 is 18.3 Å². The van der Waals surface area contributed by atoms with Crippen molar-refractivity contribution in [3.8, 4) is 0 Å². The molecule has 2 aromatic rings. The standard InChI is InChI=1S/C20H30N4O.ClH/c1-16-19(14-22-20(25)12-8-3-4-9-13-21)17(2)24(23-16)15-18-10-6-5-7-11-18;/h5-7,10-11H,3-4,8-9,12-15,21H2,1-2H3,(H,22,25);1H. The van der Waals surface area contributed by atoms with E-state index in [4.69, 9.17) is 5.73 Å². The number of rotatable bonds is 10. The summed E-state index contributed by atoms with van der Waals surface area (Å²) in [5.74, 6) is 0.113. The first-order valence-corrected chi connectivity index (χ1v) is 9.15. The number of nitrogens with one attached hydrogen (secondary N) is 1. The molecule has 5 nitrogen and oxygen atoms in total. The summed E-state index contributed by atoms with van der Waals surface area (Å²) in [5.41, 5.74) is 9.91. The fraction of sp³-hybridized carbons (Fsp3) is 0.500. The Balaban J connectivity index is 0.00000338. The molecule has 0 atom stereocenters. The van der Waals surface area contributed by atoms with Gasteiger partial charge in [0.05, 0.1) is 12.2 Å². The van der Waals surface area contributed by atoms with Gasteiger partial charge in [-0.2, -0.15) is 5.10 Å². The zero-order valence-corrected chi connectivity index (χ0v) is 16.6. The van der Waals surface area contributed by atoms with Gasteiger partial charge in [0.25, 0.3) is 0 Å². The van der Waals surface area contributed by atoms with Crippen molar-refractivity contribution in [2.75, 3.05) is 6.54 Å². The Labute approximate surface area is 162 Å². The molecule has 0 aliphatic heterocycles. The molecule has 26 heavy (non-hydrogen) atoms. The summed E-state index contributed by atoms with van der Waals surface area (Å²) in [6, 6.07) is 10.3. The van der Waals surface area contributed by atoms with E-state index in [-0.39, 0.29) is 18.3 Å². The highest BCUT2D eigenvalue weighted by Gasteiger charge is 2.12. The monoisotopic (exact) mass is 378 g/mol. The van der Waals surface area contributed by atoms with Gasteiger partial charge in [-0.05, 0) is 38.8 Å². The van der Waals surface area contributed by atoms with Gasteiger partial charge in [-0.3, -0.25) is 9.48 Å². The third kappa shape index (κ3) is 6.81. The van der Waals surface area contributed by atoms with Crippen molar-refractivity contribution in [1.29, 1.82) is 0 Å². The molecule has 0 aliphatic carbocycles. The lowest BCUT2D eigenvalue weighted by atomic mass is 10.1. The van der Waals surface area contributed by atoms with Crippen molar-refractivity contribution in [2.24, 2.45) is 5.73 Å². The number of carbonyl (C=O) groups excluding carboxylic acids is 1. The van der Waals surface area contributed by atoms with Crippen molar-refractivity contribution < 1.29 is 4.79 Å². The lowest BCUT2D eigenvalue weighted by Gasteiger charge is -2.07. The summed E-state index contributed by atoms with van der Waals surface area (Å²) in [7, 11) is 0. The van der Waals surface area contributed by atoms with Gasteiger partial charge in [0.15, 0.2) is 0 Å². The second-order valence-corrected chi connectivity index (χ2v) is 6.52. The predicted octanol–water partition coefficient (Wildman–Crippen LogP) is 3.50. The largest absolute Gasteiger partial charge is 0.352 e. The van der Waals surface area contributed by atoms with Gasteiger partial charge < -0.3 is 11.1 Å². The molecule has 144 valence electrons. The Morgan fingerprint density at radius 1 is 1.12 bits per heavy atom. The molecule has 1 amide bonds. The molecule has 0 unspecified atom stereocenters. The SMILES string of the molecule is Cc1nn(Cc2ccccc2)c(C)c1CNC(=O)CCCCCCN.Cl. The van der Waals surface area contributed by atoms with Gasteiger partial charge >= 0.3 is 0 Å². The van der Waals surface area contributed by atoms with Gasteiger partial charge in [0.1, 0.15) is 0 Å². The number of halogens is 1. The summed E-state index contributed by atoms with van der Waals surface area (Å²) in [6.45, 7) is 6.11. The highest BCUT2D eigenvalue weighted by molar-refractivity contribution is 5.85. The Morgan fingerprint density at radius 2 is 1.81 bits per heavy atom. The van der Waals surface area contributed by atoms with Crippen LogP contribution < -0.4 is 11.1 Å². The Morgan fingerprint density at radius 3 is 2.50 bits per heavy atom. The molecule has 1 heterocycles. The number of aryl methyl sites for hydroxylation is 1. The third-order valence-electron chi connectivity index (χ3n) is 4.53. The van der Waals surface area contributed by atoms with Crippen molar-refractivity contribution in [3.05, 3.63) is 52.8 Å². The first-order chi connectivity index (χ1) is 12.1. The number of aromatic nitrogens is 2. The van der Waals surface area contributed by atoms with Crippen LogP contribution in [-0.4, -0.2) is 22.2 Å². The zero-order chi connectivity index (χ0) is 18.1. The third-order valence-corrected chi connectivity index (χ3v) is 4.53. The first-order valence-electron chi connectivity index (χ1n) is 9.15. The van der Waals surface area contributed by atoms with Gasteiger partial charge in [-0.25, -0.2) is 0 Å². The van der Waals surface area contributed by atoms with Gasteiger partial charge in [-0.1, -0.05) is 43.2 Å². The van der Waals surface area contributed by atoms with Gasteiger partial charge in [0.2, 0.25) is 5.91 Å². The minimum absolute atomic E-state index is 0. The Kier molecular flexibility index (Phi) is 9.99. The van der Waals surface area contributed by atoms with Crippen molar-refractivity contribution in [2.45, 2.75) is 59.0 Å². The van der Waals surface area contributed by atoms with E-state index in [1.807, 2.05) is 29.8 Å². The lowest BCUT2D eigenvalue weighted by molar-refractivity contribution is -0.121. The van der Waals surface area contributed by atoms with Crippen LogP contribution in [0.15, 0.2) is 30.3 Å². The normalized spacial score (nSPS) is 10.4. The fourth-order valence-electron chi connectivity index (χ4n) is 2.96. The number of carbonyl (C=O) groups is 1. The van der Waals surface area contributed by atoms with Crippen LogP contribution >= 0.6 is 12.4 Å². The molecule has 0 radical (unpaired) electrons. The van der Waals surface area contributed by atoms with Crippen molar-refractivity contribution in [1.82, 2.24) is 15.1 Å². The van der Waals surface area contributed by atoms with Gasteiger partial charge in [0, 0.05) is 24.2 Å². The summed E-state index contributed by atoms with van der Waals surface area (Å²) in [5, 5.41) is 7.66. The molecule has 2 rings (SSSR count).